The van der Waals surface area contributed by atoms with E-state index in [1.165, 1.54) is 6.42 Å². The maximum atomic E-state index is 12.4. The number of aryl methyl sites for hydroxylation is 2. The molecule has 1 heterocycles. The predicted octanol–water partition coefficient (Wildman–Crippen LogP) is 2.64. The molecule has 1 saturated heterocycles. The van der Waals surface area contributed by atoms with Gasteiger partial charge < -0.3 is 10.1 Å². The minimum Gasteiger partial charge on any atom is -0.496 e. The quantitative estimate of drug-likeness (QED) is 0.831. The van der Waals surface area contributed by atoms with Crippen LogP contribution in [0.2, 0.25) is 0 Å². The predicted molar refractivity (Wildman–Crippen MR) is 72.4 cm³/mol. The third kappa shape index (κ3) is 2.72. The number of carbonyl (C=O) groups is 1. The maximum absolute atomic E-state index is 12.4. The van der Waals surface area contributed by atoms with Gasteiger partial charge in [-0.3, -0.25) is 4.79 Å². The van der Waals surface area contributed by atoms with Gasteiger partial charge in [0.1, 0.15) is 5.75 Å². The molecule has 1 fully saturated rings. The van der Waals surface area contributed by atoms with Crippen LogP contribution in [0.15, 0.2) is 12.1 Å². The highest BCUT2D eigenvalue weighted by Gasteiger charge is 2.21. The Morgan fingerprint density at radius 3 is 2.83 bits per heavy atom. The van der Waals surface area contributed by atoms with Crippen LogP contribution in [0.25, 0.3) is 0 Å². The molecule has 1 aliphatic heterocycles. The van der Waals surface area contributed by atoms with Gasteiger partial charge >= 0.3 is 0 Å². The smallest absolute Gasteiger partial charge is 0.168 e. The second-order valence-corrected chi connectivity index (χ2v) is 5.08. The number of Topliss-reactive ketones (excluding diaryl/α,β-unsaturated/α-hetero) is 1. The van der Waals surface area contributed by atoms with Gasteiger partial charge in [-0.2, -0.15) is 0 Å². The molecule has 1 aliphatic rings. The number of benzene rings is 1. The van der Waals surface area contributed by atoms with E-state index in [1.54, 1.807) is 7.11 Å². The summed E-state index contributed by atoms with van der Waals surface area (Å²) in [5, 5.41) is 3.36. The zero-order valence-electron chi connectivity index (χ0n) is 11.4. The first-order valence-corrected chi connectivity index (χ1v) is 6.53. The fourth-order valence-corrected chi connectivity index (χ4v) is 2.70. The number of ketones is 1. The third-order valence-electron chi connectivity index (χ3n) is 3.52. The second-order valence-electron chi connectivity index (χ2n) is 5.08. The largest absolute Gasteiger partial charge is 0.496 e. The summed E-state index contributed by atoms with van der Waals surface area (Å²) in [6.07, 6.45) is 2.83. The topological polar surface area (TPSA) is 38.3 Å². The molecule has 1 atom stereocenters. The highest BCUT2D eigenvalue weighted by atomic mass is 16.5. The van der Waals surface area contributed by atoms with E-state index in [-0.39, 0.29) is 5.78 Å². The number of hydrogen-bond acceptors (Lipinski definition) is 3. The molecule has 3 nitrogen and oxygen atoms in total. The summed E-state index contributed by atoms with van der Waals surface area (Å²) in [5.41, 5.74) is 2.86. The Kier molecular flexibility index (Phi) is 4.02. The van der Waals surface area contributed by atoms with Crippen LogP contribution in [0.3, 0.4) is 0 Å². The van der Waals surface area contributed by atoms with Crippen molar-refractivity contribution in [1.29, 1.82) is 0 Å². The highest BCUT2D eigenvalue weighted by molar-refractivity contribution is 5.99. The van der Waals surface area contributed by atoms with Crippen LogP contribution in [0, 0.1) is 13.8 Å². The summed E-state index contributed by atoms with van der Waals surface area (Å²) in [4.78, 5) is 12.4. The Labute approximate surface area is 109 Å². The van der Waals surface area contributed by atoms with Gasteiger partial charge in [0.2, 0.25) is 0 Å². The van der Waals surface area contributed by atoms with Crippen molar-refractivity contribution in [2.75, 3.05) is 13.7 Å². The van der Waals surface area contributed by atoms with Gasteiger partial charge in [0.25, 0.3) is 0 Å². The second kappa shape index (κ2) is 5.53. The molecule has 0 radical (unpaired) electrons. The molecular weight excluding hydrogens is 226 g/mol. The van der Waals surface area contributed by atoms with Crippen LogP contribution in [0.4, 0.5) is 0 Å². The maximum Gasteiger partial charge on any atom is 0.168 e. The minimum atomic E-state index is 0.179. The number of nitrogens with one attached hydrogen (secondary N) is 1. The van der Waals surface area contributed by atoms with Crippen molar-refractivity contribution in [3.63, 3.8) is 0 Å². The average Bonchev–Trinajstić information content (AvgIpc) is 2.80. The summed E-state index contributed by atoms with van der Waals surface area (Å²) in [6.45, 7) is 5.02. The number of hydrogen-bond donors (Lipinski definition) is 1. The molecule has 98 valence electrons. The van der Waals surface area contributed by atoms with Gasteiger partial charge in [-0.05, 0) is 50.4 Å². The molecule has 1 aromatic carbocycles. The molecule has 0 aromatic heterocycles. The lowest BCUT2D eigenvalue weighted by Gasteiger charge is -2.14. The molecular formula is C15H21NO2. The molecule has 0 aliphatic carbocycles. The van der Waals surface area contributed by atoms with Crippen molar-refractivity contribution in [2.45, 2.75) is 39.2 Å². The van der Waals surface area contributed by atoms with Crippen LogP contribution in [0.5, 0.6) is 5.75 Å². The van der Waals surface area contributed by atoms with Gasteiger partial charge in [-0.25, -0.2) is 0 Å². The number of methoxy groups -OCH3 is 1. The lowest BCUT2D eigenvalue weighted by Crippen LogP contribution is -2.24. The van der Waals surface area contributed by atoms with Crippen molar-refractivity contribution < 1.29 is 9.53 Å². The van der Waals surface area contributed by atoms with Crippen molar-refractivity contribution >= 4 is 5.78 Å². The molecule has 1 aromatic rings. The van der Waals surface area contributed by atoms with Crippen molar-refractivity contribution in [1.82, 2.24) is 5.32 Å². The van der Waals surface area contributed by atoms with Crippen molar-refractivity contribution in [2.24, 2.45) is 0 Å². The normalized spacial score (nSPS) is 18.9. The van der Waals surface area contributed by atoms with E-state index in [0.717, 1.165) is 35.4 Å². The molecule has 1 unspecified atom stereocenters. The molecule has 1 N–H and O–H groups in total. The third-order valence-corrected chi connectivity index (χ3v) is 3.52. The summed E-state index contributed by atoms with van der Waals surface area (Å²) in [6, 6.07) is 4.31. The van der Waals surface area contributed by atoms with Crippen LogP contribution >= 0.6 is 0 Å². The van der Waals surface area contributed by atoms with Gasteiger partial charge in [0.15, 0.2) is 5.78 Å². The van der Waals surface area contributed by atoms with Crippen LogP contribution in [0.1, 0.15) is 40.7 Å². The first kappa shape index (κ1) is 13.1. The van der Waals surface area contributed by atoms with Gasteiger partial charge in [0.05, 0.1) is 12.7 Å². The average molecular weight is 247 g/mol. The Balaban J connectivity index is 2.22. The highest BCUT2D eigenvalue weighted by Crippen LogP contribution is 2.27. The Hall–Kier alpha value is -1.35. The Morgan fingerprint density at radius 1 is 1.44 bits per heavy atom. The number of rotatable bonds is 4. The molecule has 2 rings (SSSR count). The minimum absolute atomic E-state index is 0.179. The van der Waals surface area contributed by atoms with E-state index >= 15 is 0 Å². The van der Waals surface area contributed by atoms with Gasteiger partial charge in [-0.1, -0.05) is 6.07 Å². The standard InChI is InChI=1S/C15H21NO2/c1-10-7-11(2)15(18-3)13(8-10)14(17)9-12-5-4-6-16-12/h7-8,12,16H,4-6,9H2,1-3H3. The monoisotopic (exact) mass is 247 g/mol. The molecule has 0 spiro atoms. The lowest BCUT2D eigenvalue weighted by atomic mass is 9.98. The van der Waals surface area contributed by atoms with E-state index in [1.807, 2.05) is 26.0 Å². The fraction of sp³-hybridized carbons (Fsp3) is 0.533. The van der Waals surface area contributed by atoms with E-state index in [2.05, 4.69) is 5.32 Å². The zero-order chi connectivity index (χ0) is 13.1. The van der Waals surface area contributed by atoms with Crippen LogP contribution in [-0.4, -0.2) is 25.5 Å². The van der Waals surface area contributed by atoms with E-state index < -0.39 is 0 Å². The van der Waals surface area contributed by atoms with Crippen LogP contribution in [-0.2, 0) is 0 Å². The Morgan fingerprint density at radius 2 is 2.22 bits per heavy atom. The SMILES string of the molecule is COc1c(C)cc(C)cc1C(=O)CC1CCCN1. The number of ether oxygens (including phenoxy) is 1. The molecule has 0 bridgehead atoms. The fourth-order valence-electron chi connectivity index (χ4n) is 2.70. The molecule has 0 amide bonds. The lowest BCUT2D eigenvalue weighted by molar-refractivity contribution is 0.0968. The molecule has 0 saturated carbocycles. The molecule has 3 heteroatoms. The summed E-state index contributed by atoms with van der Waals surface area (Å²) in [5.74, 6) is 0.904. The number of carbonyl (C=O) groups excluding carboxylic acids is 1. The van der Waals surface area contributed by atoms with E-state index in [9.17, 15) is 4.79 Å². The first-order chi connectivity index (χ1) is 8.61. The van der Waals surface area contributed by atoms with Gasteiger partial charge in [0, 0.05) is 12.5 Å². The van der Waals surface area contributed by atoms with E-state index in [4.69, 9.17) is 4.74 Å². The Bertz CT molecular complexity index is 448. The van der Waals surface area contributed by atoms with Gasteiger partial charge in [-0.15, -0.1) is 0 Å². The summed E-state index contributed by atoms with van der Waals surface area (Å²) < 4.78 is 5.38. The van der Waals surface area contributed by atoms with Crippen molar-refractivity contribution in [3.8, 4) is 5.75 Å². The zero-order valence-corrected chi connectivity index (χ0v) is 11.4. The van der Waals surface area contributed by atoms with Crippen LogP contribution < -0.4 is 10.1 Å². The molecule has 18 heavy (non-hydrogen) atoms. The van der Waals surface area contributed by atoms with Crippen molar-refractivity contribution in [3.05, 3.63) is 28.8 Å². The first-order valence-electron chi connectivity index (χ1n) is 6.53. The summed E-state index contributed by atoms with van der Waals surface area (Å²) in [7, 11) is 1.63. The summed E-state index contributed by atoms with van der Waals surface area (Å²) >= 11 is 0. The van der Waals surface area contributed by atoms with E-state index in [0.29, 0.717) is 12.5 Å².